The SMILES string of the molecule is O=C1N[C@H]2[C@H](CS[C@H]2CCCCCc2cn(CCOc3ccc4ccccc4c3)nn2)N1. The molecule has 2 aliphatic rings. The van der Waals surface area contributed by atoms with Gasteiger partial charge in [-0.25, -0.2) is 9.48 Å². The van der Waals surface area contributed by atoms with Gasteiger partial charge in [0.2, 0.25) is 0 Å². The summed E-state index contributed by atoms with van der Waals surface area (Å²) in [4.78, 5) is 11.5. The zero-order chi connectivity index (χ0) is 21.8. The van der Waals surface area contributed by atoms with Crippen LogP contribution in [0.3, 0.4) is 0 Å². The van der Waals surface area contributed by atoms with Crippen LogP contribution < -0.4 is 15.4 Å². The van der Waals surface area contributed by atoms with Gasteiger partial charge in [-0.15, -0.1) is 5.10 Å². The molecule has 1 aromatic heterocycles. The number of aromatic nitrogens is 3. The first kappa shape index (κ1) is 21.1. The van der Waals surface area contributed by atoms with E-state index in [1.165, 1.54) is 23.6 Å². The number of benzene rings is 2. The number of carbonyl (C=O) groups excluding carboxylic acids is 1. The molecule has 7 nitrogen and oxygen atoms in total. The summed E-state index contributed by atoms with van der Waals surface area (Å²) in [5.41, 5.74) is 1.04. The Morgan fingerprint density at radius 2 is 2.00 bits per heavy atom. The molecule has 2 N–H and O–H groups in total. The molecule has 3 atom stereocenters. The van der Waals surface area contributed by atoms with Crippen LogP contribution in [0.5, 0.6) is 5.75 Å². The highest BCUT2D eigenvalue weighted by Gasteiger charge is 2.42. The van der Waals surface area contributed by atoms with Gasteiger partial charge in [-0.1, -0.05) is 48.4 Å². The van der Waals surface area contributed by atoms with Crippen LogP contribution in [0.15, 0.2) is 48.7 Å². The molecule has 32 heavy (non-hydrogen) atoms. The normalized spacial score (nSPS) is 22.0. The molecule has 0 spiro atoms. The smallest absolute Gasteiger partial charge is 0.315 e. The van der Waals surface area contributed by atoms with Crippen LogP contribution >= 0.6 is 11.8 Å². The summed E-state index contributed by atoms with van der Waals surface area (Å²) in [6.45, 7) is 1.24. The third-order valence-corrected chi connectivity index (χ3v) is 7.76. The molecule has 2 fully saturated rings. The third kappa shape index (κ3) is 5.01. The summed E-state index contributed by atoms with van der Waals surface area (Å²) in [5.74, 6) is 1.91. The lowest BCUT2D eigenvalue weighted by Crippen LogP contribution is -2.36. The quantitative estimate of drug-likeness (QED) is 0.362. The van der Waals surface area contributed by atoms with Gasteiger partial charge in [0.1, 0.15) is 12.4 Å². The van der Waals surface area contributed by atoms with Crippen molar-refractivity contribution in [3.05, 3.63) is 54.4 Å². The Hall–Kier alpha value is -2.74. The molecular weight excluding hydrogens is 422 g/mol. The fourth-order valence-electron chi connectivity index (χ4n) is 4.55. The predicted molar refractivity (Wildman–Crippen MR) is 127 cm³/mol. The van der Waals surface area contributed by atoms with Gasteiger partial charge in [0.05, 0.1) is 24.3 Å². The Kier molecular flexibility index (Phi) is 6.48. The van der Waals surface area contributed by atoms with Crippen LogP contribution in [0.25, 0.3) is 10.8 Å². The van der Waals surface area contributed by atoms with E-state index in [4.69, 9.17) is 4.74 Å². The van der Waals surface area contributed by atoms with Crippen molar-refractivity contribution in [2.45, 2.75) is 56.0 Å². The standard InChI is InChI=1S/C24H29N5O2S/c30-24-25-21-16-32-22(23(21)26-24)9-3-1-2-8-19-15-29(28-27-19)12-13-31-20-11-10-17-6-4-5-7-18(17)14-20/h4-7,10-11,14-15,21-23H,1-3,8-9,12-13,16H2,(H2,25,26,30)/t21-,22-,23-/m0/s1. The minimum Gasteiger partial charge on any atom is -0.492 e. The molecule has 2 aliphatic heterocycles. The van der Waals surface area contributed by atoms with E-state index in [1.807, 2.05) is 40.8 Å². The molecule has 0 radical (unpaired) electrons. The second-order valence-electron chi connectivity index (χ2n) is 8.55. The van der Waals surface area contributed by atoms with E-state index in [2.05, 4.69) is 45.2 Å². The maximum absolute atomic E-state index is 11.5. The number of rotatable bonds is 10. The Labute approximate surface area is 192 Å². The molecule has 0 bridgehead atoms. The number of aryl methyl sites for hydroxylation is 1. The van der Waals surface area contributed by atoms with Crippen LogP contribution in [0.4, 0.5) is 4.79 Å². The molecule has 5 rings (SSSR count). The lowest BCUT2D eigenvalue weighted by molar-refractivity contribution is 0.247. The molecular formula is C24H29N5O2S. The minimum absolute atomic E-state index is 0.00366. The van der Waals surface area contributed by atoms with E-state index in [-0.39, 0.29) is 6.03 Å². The summed E-state index contributed by atoms with van der Waals surface area (Å²) >= 11 is 1.99. The van der Waals surface area contributed by atoms with Gasteiger partial charge in [-0.05, 0) is 42.2 Å². The maximum atomic E-state index is 11.5. The molecule has 3 aromatic rings. The Balaban J connectivity index is 0.991. The van der Waals surface area contributed by atoms with E-state index in [9.17, 15) is 4.79 Å². The van der Waals surface area contributed by atoms with E-state index in [0.717, 1.165) is 36.5 Å². The Bertz CT molecular complexity index is 1070. The van der Waals surface area contributed by atoms with Crippen LogP contribution in [0.1, 0.15) is 31.4 Å². The van der Waals surface area contributed by atoms with Crippen molar-refractivity contribution in [2.24, 2.45) is 0 Å². The van der Waals surface area contributed by atoms with E-state index in [0.29, 0.717) is 30.5 Å². The fraction of sp³-hybridized carbons (Fsp3) is 0.458. The van der Waals surface area contributed by atoms with Crippen molar-refractivity contribution in [1.82, 2.24) is 25.6 Å². The van der Waals surface area contributed by atoms with Gasteiger partial charge in [-0.2, -0.15) is 11.8 Å². The maximum Gasteiger partial charge on any atom is 0.315 e. The van der Waals surface area contributed by atoms with E-state index >= 15 is 0 Å². The average molecular weight is 452 g/mol. The van der Waals surface area contributed by atoms with Gasteiger partial charge in [0.15, 0.2) is 0 Å². The highest BCUT2D eigenvalue weighted by molar-refractivity contribution is 8.00. The summed E-state index contributed by atoms with van der Waals surface area (Å²) < 4.78 is 7.77. The monoisotopic (exact) mass is 451 g/mol. The summed E-state index contributed by atoms with van der Waals surface area (Å²) in [7, 11) is 0. The van der Waals surface area contributed by atoms with E-state index in [1.54, 1.807) is 0 Å². The summed E-state index contributed by atoms with van der Waals surface area (Å²) in [5, 5.41) is 17.6. The van der Waals surface area contributed by atoms with Crippen molar-refractivity contribution in [1.29, 1.82) is 0 Å². The lowest BCUT2D eigenvalue weighted by Gasteiger charge is -2.16. The number of nitrogens with zero attached hydrogens (tertiary/aromatic N) is 3. The number of ether oxygens (including phenoxy) is 1. The molecule has 0 saturated carbocycles. The van der Waals surface area contributed by atoms with Gasteiger partial charge in [-0.3, -0.25) is 0 Å². The summed E-state index contributed by atoms with van der Waals surface area (Å²) in [6, 6.07) is 15.1. The van der Waals surface area contributed by atoms with Crippen molar-refractivity contribution < 1.29 is 9.53 Å². The third-order valence-electron chi connectivity index (χ3n) is 6.26. The first-order chi connectivity index (χ1) is 15.7. The van der Waals surface area contributed by atoms with Crippen LogP contribution in [0.2, 0.25) is 0 Å². The predicted octanol–water partition coefficient (Wildman–Crippen LogP) is 3.78. The number of carbonyl (C=O) groups is 1. The number of hydrogen-bond donors (Lipinski definition) is 2. The fourth-order valence-corrected chi connectivity index (χ4v) is 6.09. The van der Waals surface area contributed by atoms with Crippen LogP contribution in [-0.4, -0.2) is 50.7 Å². The number of fused-ring (bicyclic) bond motifs is 2. The second-order valence-corrected chi connectivity index (χ2v) is 9.82. The zero-order valence-corrected chi connectivity index (χ0v) is 18.9. The van der Waals surface area contributed by atoms with Crippen molar-refractivity contribution in [3.8, 4) is 5.75 Å². The first-order valence-electron chi connectivity index (χ1n) is 11.4. The Morgan fingerprint density at radius 1 is 1.09 bits per heavy atom. The molecule has 2 amide bonds. The largest absolute Gasteiger partial charge is 0.492 e. The first-order valence-corrected chi connectivity index (χ1v) is 12.5. The Morgan fingerprint density at radius 3 is 2.94 bits per heavy atom. The number of nitrogens with one attached hydrogen (secondary N) is 2. The molecule has 3 heterocycles. The van der Waals surface area contributed by atoms with Gasteiger partial charge in [0, 0.05) is 17.2 Å². The van der Waals surface area contributed by atoms with Gasteiger partial charge < -0.3 is 15.4 Å². The topological polar surface area (TPSA) is 81.1 Å². The number of amides is 2. The van der Waals surface area contributed by atoms with Crippen molar-refractivity contribution in [2.75, 3.05) is 12.4 Å². The van der Waals surface area contributed by atoms with Crippen LogP contribution in [0, 0.1) is 0 Å². The van der Waals surface area contributed by atoms with Gasteiger partial charge >= 0.3 is 6.03 Å². The van der Waals surface area contributed by atoms with Crippen molar-refractivity contribution in [3.63, 3.8) is 0 Å². The van der Waals surface area contributed by atoms with Crippen LogP contribution in [-0.2, 0) is 13.0 Å². The minimum atomic E-state index is -0.00366. The molecule has 0 aliphatic carbocycles. The molecule has 2 aromatic carbocycles. The molecule has 8 heteroatoms. The number of unbranched alkanes of at least 4 members (excludes halogenated alkanes) is 2. The lowest BCUT2D eigenvalue weighted by atomic mass is 10.0. The molecule has 0 unspecified atom stereocenters. The van der Waals surface area contributed by atoms with Gasteiger partial charge in [0.25, 0.3) is 0 Å². The average Bonchev–Trinajstić information content (AvgIpc) is 3.50. The number of thioether (sulfide) groups is 1. The zero-order valence-electron chi connectivity index (χ0n) is 18.1. The second kappa shape index (κ2) is 9.81. The van der Waals surface area contributed by atoms with Crippen molar-refractivity contribution >= 4 is 28.6 Å². The molecule has 2 saturated heterocycles. The number of hydrogen-bond acceptors (Lipinski definition) is 5. The summed E-state index contributed by atoms with van der Waals surface area (Å²) in [6.07, 6.45) is 7.61. The number of urea groups is 1. The highest BCUT2D eigenvalue weighted by Crippen LogP contribution is 2.33. The highest BCUT2D eigenvalue weighted by atomic mass is 32.2. The van der Waals surface area contributed by atoms with E-state index < -0.39 is 0 Å². The molecule has 168 valence electrons.